The van der Waals surface area contributed by atoms with Crippen LogP contribution in [-0.4, -0.2) is 28.1 Å². The van der Waals surface area contributed by atoms with Gasteiger partial charge in [-0.1, -0.05) is 48.0 Å². The van der Waals surface area contributed by atoms with Crippen LogP contribution in [-0.2, 0) is 29.2 Å². The van der Waals surface area contributed by atoms with Crippen molar-refractivity contribution >= 4 is 40.0 Å². The summed E-state index contributed by atoms with van der Waals surface area (Å²) in [6, 6.07) is 19.0. The second kappa shape index (κ2) is 11.8. The first-order chi connectivity index (χ1) is 18.3. The number of rotatable bonds is 9. The Morgan fingerprint density at radius 3 is 2.47 bits per heavy atom. The third-order valence-electron chi connectivity index (χ3n) is 6.14. The Morgan fingerprint density at radius 2 is 1.68 bits per heavy atom. The summed E-state index contributed by atoms with van der Waals surface area (Å²) in [5, 5.41) is 6.29. The predicted molar refractivity (Wildman–Crippen MR) is 147 cm³/mol. The molecule has 0 saturated heterocycles. The Hall–Kier alpha value is -4.37. The number of aromatic nitrogens is 2. The molecule has 0 spiro atoms. The molecular weight excluding hydrogens is 508 g/mol. The highest BCUT2D eigenvalue weighted by Crippen LogP contribution is 2.20. The van der Waals surface area contributed by atoms with E-state index in [0.29, 0.717) is 22.0 Å². The number of nitrogens with one attached hydrogen (secondary N) is 2. The van der Waals surface area contributed by atoms with E-state index in [9.17, 15) is 19.2 Å². The van der Waals surface area contributed by atoms with Gasteiger partial charge in [-0.2, -0.15) is 0 Å². The number of benzene rings is 3. The van der Waals surface area contributed by atoms with Crippen LogP contribution in [0.5, 0.6) is 5.75 Å². The standard InChI is InChI=1S/C28H27ClN4O5/c1-18-11-12-20(29)15-22(18)31-26(35)17-33-23-9-5-4-8-21(23)27(36)32(28(33)37)14-13-25(34)30-16-19-7-3-6-10-24(19)38-2/h3-12,15H,13-14,16-17H2,1-2H3,(H,30,34)(H,31,35). The van der Waals surface area contributed by atoms with Crippen LogP contribution in [0, 0.1) is 6.92 Å². The van der Waals surface area contributed by atoms with Crippen LogP contribution in [0.25, 0.3) is 10.9 Å². The topological polar surface area (TPSA) is 111 Å². The summed E-state index contributed by atoms with van der Waals surface area (Å²) in [5.41, 5.74) is 1.27. The maximum Gasteiger partial charge on any atom is 0.331 e. The summed E-state index contributed by atoms with van der Waals surface area (Å²) in [4.78, 5) is 51.9. The summed E-state index contributed by atoms with van der Waals surface area (Å²) in [6.07, 6.45) is -0.101. The molecule has 196 valence electrons. The molecule has 4 rings (SSSR count). The minimum atomic E-state index is -0.677. The third-order valence-corrected chi connectivity index (χ3v) is 6.37. The fourth-order valence-electron chi connectivity index (χ4n) is 4.13. The number of ether oxygens (including phenoxy) is 1. The van der Waals surface area contributed by atoms with Crippen molar-refractivity contribution in [3.05, 3.63) is 104 Å². The highest BCUT2D eigenvalue weighted by molar-refractivity contribution is 6.31. The number of hydrogen-bond donors (Lipinski definition) is 2. The van der Waals surface area contributed by atoms with Crippen LogP contribution >= 0.6 is 11.6 Å². The fourth-order valence-corrected chi connectivity index (χ4v) is 4.30. The van der Waals surface area contributed by atoms with Crippen molar-refractivity contribution < 1.29 is 14.3 Å². The minimum Gasteiger partial charge on any atom is -0.496 e. The molecular formula is C28H27ClN4O5. The molecule has 1 heterocycles. The molecule has 0 radical (unpaired) electrons. The van der Waals surface area contributed by atoms with Crippen molar-refractivity contribution in [2.24, 2.45) is 0 Å². The number of amides is 2. The van der Waals surface area contributed by atoms with Crippen LogP contribution in [0.1, 0.15) is 17.5 Å². The first-order valence-corrected chi connectivity index (χ1v) is 12.3. The number of nitrogens with zero attached hydrogens (tertiary/aromatic N) is 2. The van der Waals surface area contributed by atoms with E-state index in [0.717, 1.165) is 15.7 Å². The lowest BCUT2D eigenvalue weighted by Gasteiger charge is -2.15. The van der Waals surface area contributed by atoms with Gasteiger partial charge in [0.15, 0.2) is 0 Å². The van der Waals surface area contributed by atoms with Crippen molar-refractivity contribution in [3.8, 4) is 5.75 Å². The normalized spacial score (nSPS) is 10.8. The van der Waals surface area contributed by atoms with E-state index in [4.69, 9.17) is 16.3 Å². The zero-order valence-electron chi connectivity index (χ0n) is 21.0. The maximum atomic E-state index is 13.4. The second-order valence-corrected chi connectivity index (χ2v) is 9.13. The first kappa shape index (κ1) is 26.7. The highest BCUT2D eigenvalue weighted by atomic mass is 35.5. The van der Waals surface area contributed by atoms with Gasteiger partial charge >= 0.3 is 5.69 Å². The Balaban J connectivity index is 1.55. The van der Waals surface area contributed by atoms with Crippen LogP contribution in [0.4, 0.5) is 5.69 Å². The van der Waals surface area contributed by atoms with Gasteiger partial charge in [-0.25, -0.2) is 4.79 Å². The SMILES string of the molecule is COc1ccccc1CNC(=O)CCn1c(=O)c2ccccc2n(CC(=O)Nc2cc(Cl)ccc2C)c1=O. The molecule has 3 aromatic carbocycles. The molecule has 0 unspecified atom stereocenters. The summed E-state index contributed by atoms with van der Waals surface area (Å²) < 4.78 is 7.52. The number of para-hydroxylation sites is 2. The molecule has 0 aliphatic rings. The largest absolute Gasteiger partial charge is 0.496 e. The summed E-state index contributed by atoms with van der Waals surface area (Å²) in [6.45, 7) is 1.59. The smallest absolute Gasteiger partial charge is 0.331 e. The molecule has 0 atom stereocenters. The number of halogens is 1. The van der Waals surface area contributed by atoms with Crippen LogP contribution in [0.3, 0.4) is 0 Å². The molecule has 0 aliphatic carbocycles. The highest BCUT2D eigenvalue weighted by Gasteiger charge is 2.17. The summed E-state index contributed by atoms with van der Waals surface area (Å²) in [5.74, 6) is -0.147. The van der Waals surface area contributed by atoms with Crippen LogP contribution in [0.15, 0.2) is 76.3 Å². The van der Waals surface area contributed by atoms with Crippen LogP contribution < -0.4 is 26.6 Å². The van der Waals surface area contributed by atoms with Gasteiger partial charge in [0.1, 0.15) is 12.3 Å². The van der Waals surface area contributed by atoms with Crippen LogP contribution in [0.2, 0.25) is 5.02 Å². The Morgan fingerprint density at radius 1 is 0.947 bits per heavy atom. The van der Waals surface area contributed by atoms with E-state index in [-0.39, 0.29) is 37.3 Å². The van der Waals surface area contributed by atoms with Crippen molar-refractivity contribution in [1.82, 2.24) is 14.5 Å². The maximum absolute atomic E-state index is 13.4. The molecule has 0 aliphatic heterocycles. The predicted octanol–water partition coefficient (Wildman–Crippen LogP) is 3.48. The third kappa shape index (κ3) is 5.95. The van der Waals surface area contributed by atoms with Gasteiger partial charge in [0.25, 0.3) is 5.56 Å². The molecule has 10 heteroatoms. The first-order valence-electron chi connectivity index (χ1n) is 12.0. The van der Waals surface area contributed by atoms with Crippen molar-refractivity contribution in [2.75, 3.05) is 12.4 Å². The van der Waals surface area contributed by atoms with Gasteiger partial charge in [0, 0.05) is 35.8 Å². The van der Waals surface area contributed by atoms with E-state index >= 15 is 0 Å². The molecule has 0 fully saturated rings. The molecule has 2 amide bonds. The van der Waals surface area contributed by atoms with Gasteiger partial charge < -0.3 is 15.4 Å². The van der Waals surface area contributed by atoms with E-state index in [1.807, 2.05) is 25.1 Å². The van der Waals surface area contributed by atoms with Gasteiger partial charge in [0.05, 0.1) is 18.0 Å². The van der Waals surface area contributed by atoms with E-state index < -0.39 is 17.2 Å². The van der Waals surface area contributed by atoms with E-state index in [1.54, 1.807) is 55.6 Å². The molecule has 0 saturated carbocycles. The zero-order valence-corrected chi connectivity index (χ0v) is 21.7. The minimum absolute atomic E-state index is 0.101. The second-order valence-electron chi connectivity index (χ2n) is 8.69. The molecule has 1 aromatic heterocycles. The number of carbonyl (C=O) groups is 2. The number of carbonyl (C=O) groups excluding carboxylic acids is 2. The lowest BCUT2D eigenvalue weighted by Crippen LogP contribution is -2.42. The van der Waals surface area contributed by atoms with E-state index in [1.165, 1.54) is 4.57 Å². The number of hydrogen-bond acceptors (Lipinski definition) is 5. The Labute approximate surface area is 223 Å². The van der Waals surface area contributed by atoms with Crippen molar-refractivity contribution in [1.29, 1.82) is 0 Å². The molecule has 0 bridgehead atoms. The zero-order chi connectivity index (χ0) is 27.2. The van der Waals surface area contributed by atoms with Gasteiger partial charge in [0.2, 0.25) is 11.8 Å². The lowest BCUT2D eigenvalue weighted by molar-refractivity contribution is -0.121. The van der Waals surface area contributed by atoms with Gasteiger partial charge in [-0.05, 0) is 42.8 Å². The monoisotopic (exact) mass is 534 g/mol. The molecule has 9 nitrogen and oxygen atoms in total. The Kier molecular flexibility index (Phi) is 8.28. The molecule has 2 N–H and O–H groups in total. The lowest BCUT2D eigenvalue weighted by atomic mass is 10.2. The van der Waals surface area contributed by atoms with Crippen molar-refractivity contribution in [3.63, 3.8) is 0 Å². The summed E-state index contributed by atoms with van der Waals surface area (Å²) in [7, 11) is 1.55. The fraction of sp³-hybridized carbons (Fsp3) is 0.214. The molecule has 4 aromatic rings. The number of aryl methyl sites for hydroxylation is 1. The number of anilines is 1. The average molecular weight is 535 g/mol. The number of methoxy groups -OCH3 is 1. The van der Waals surface area contributed by atoms with Crippen molar-refractivity contribution in [2.45, 2.75) is 33.0 Å². The van der Waals surface area contributed by atoms with E-state index in [2.05, 4.69) is 10.6 Å². The summed E-state index contributed by atoms with van der Waals surface area (Å²) >= 11 is 6.05. The van der Waals surface area contributed by atoms with Gasteiger partial charge in [-0.15, -0.1) is 0 Å². The Bertz CT molecular complexity index is 1630. The van der Waals surface area contributed by atoms with Gasteiger partial charge in [-0.3, -0.25) is 23.5 Å². The molecule has 38 heavy (non-hydrogen) atoms. The number of fused-ring (bicyclic) bond motifs is 1. The average Bonchev–Trinajstić information content (AvgIpc) is 2.92. The quantitative estimate of drug-likeness (QED) is 0.341.